The molecule has 0 aliphatic rings. The van der Waals surface area contributed by atoms with Crippen LogP contribution >= 0.6 is 0 Å². The Hall–Kier alpha value is -2.46. The molecule has 0 unspecified atom stereocenters. The highest BCUT2D eigenvalue weighted by Gasteiger charge is 2.10. The van der Waals surface area contributed by atoms with E-state index in [1.165, 1.54) is 0 Å². The lowest BCUT2D eigenvalue weighted by molar-refractivity contribution is 0.405. The van der Waals surface area contributed by atoms with Crippen molar-refractivity contribution in [3.63, 3.8) is 0 Å². The molecule has 0 spiro atoms. The number of anilines is 1. The van der Waals surface area contributed by atoms with Crippen molar-refractivity contribution in [3.8, 4) is 11.3 Å². The van der Waals surface area contributed by atoms with Crippen molar-refractivity contribution < 1.29 is 0 Å². The lowest BCUT2D eigenvalue weighted by atomic mass is 10.1. The van der Waals surface area contributed by atoms with Gasteiger partial charge in [-0.3, -0.25) is 0 Å². The predicted octanol–water partition coefficient (Wildman–Crippen LogP) is 3.66. The van der Waals surface area contributed by atoms with Crippen LogP contribution in [0, 0.1) is 0 Å². The summed E-state index contributed by atoms with van der Waals surface area (Å²) in [4.78, 5) is 11.8. The summed E-state index contributed by atoms with van der Waals surface area (Å²) in [6.45, 7) is 1.93. The molecule has 3 rings (SSSR count). The Balaban J connectivity index is 1.93. The standard InChI is InChI=1S/C19H22N4/c1-23(2)14-8-13-20-19-18(15-9-4-3-5-10-15)21-16-11-6-7-12-17(16)22-19/h3-7,9-12H,8,13-14H2,1-2H3,(H,20,22). The molecule has 0 aliphatic heterocycles. The van der Waals surface area contributed by atoms with Gasteiger partial charge in [-0.05, 0) is 39.2 Å². The van der Waals surface area contributed by atoms with E-state index in [1.54, 1.807) is 0 Å². The van der Waals surface area contributed by atoms with E-state index >= 15 is 0 Å². The number of nitrogens with one attached hydrogen (secondary N) is 1. The van der Waals surface area contributed by atoms with Gasteiger partial charge in [0, 0.05) is 12.1 Å². The van der Waals surface area contributed by atoms with Crippen molar-refractivity contribution in [1.29, 1.82) is 0 Å². The molecule has 1 heterocycles. The van der Waals surface area contributed by atoms with Gasteiger partial charge < -0.3 is 10.2 Å². The summed E-state index contributed by atoms with van der Waals surface area (Å²) in [5, 5.41) is 3.46. The van der Waals surface area contributed by atoms with Crippen LogP contribution in [0.5, 0.6) is 0 Å². The average molecular weight is 306 g/mol. The Bertz CT molecular complexity index is 769. The van der Waals surface area contributed by atoms with Crippen molar-refractivity contribution in [2.45, 2.75) is 6.42 Å². The number of para-hydroxylation sites is 2. The van der Waals surface area contributed by atoms with Crippen LogP contribution in [0.25, 0.3) is 22.3 Å². The Kier molecular flexibility index (Phi) is 4.83. The minimum atomic E-state index is 0.855. The Morgan fingerprint density at radius 2 is 1.52 bits per heavy atom. The smallest absolute Gasteiger partial charge is 0.153 e. The number of benzene rings is 2. The van der Waals surface area contributed by atoms with Gasteiger partial charge in [0.15, 0.2) is 5.82 Å². The molecule has 0 atom stereocenters. The number of nitrogens with zero attached hydrogens (tertiary/aromatic N) is 3. The van der Waals surface area contributed by atoms with Crippen LogP contribution in [-0.2, 0) is 0 Å². The van der Waals surface area contributed by atoms with Crippen molar-refractivity contribution >= 4 is 16.9 Å². The first kappa shape index (κ1) is 15.4. The second-order valence-corrected chi connectivity index (χ2v) is 5.86. The number of hydrogen-bond donors (Lipinski definition) is 1. The second-order valence-electron chi connectivity index (χ2n) is 5.86. The third kappa shape index (κ3) is 3.85. The van der Waals surface area contributed by atoms with E-state index in [-0.39, 0.29) is 0 Å². The molecule has 4 nitrogen and oxygen atoms in total. The molecule has 2 aromatic carbocycles. The first-order valence-electron chi connectivity index (χ1n) is 7.95. The zero-order valence-corrected chi connectivity index (χ0v) is 13.7. The topological polar surface area (TPSA) is 41.0 Å². The summed E-state index contributed by atoms with van der Waals surface area (Å²) < 4.78 is 0. The molecule has 0 bridgehead atoms. The molecule has 0 amide bonds. The first-order chi connectivity index (χ1) is 11.2. The minimum absolute atomic E-state index is 0.855. The first-order valence-corrected chi connectivity index (χ1v) is 7.95. The van der Waals surface area contributed by atoms with Gasteiger partial charge in [0.2, 0.25) is 0 Å². The molecule has 1 aromatic heterocycles. The quantitative estimate of drug-likeness (QED) is 0.706. The lowest BCUT2D eigenvalue weighted by Gasteiger charge is -2.13. The van der Waals surface area contributed by atoms with E-state index in [4.69, 9.17) is 9.97 Å². The van der Waals surface area contributed by atoms with E-state index < -0.39 is 0 Å². The number of aromatic nitrogens is 2. The van der Waals surface area contributed by atoms with Crippen LogP contribution in [0.3, 0.4) is 0 Å². The third-order valence-electron chi connectivity index (χ3n) is 3.69. The van der Waals surface area contributed by atoms with Crippen molar-refractivity contribution in [3.05, 3.63) is 54.6 Å². The molecule has 1 N–H and O–H groups in total. The van der Waals surface area contributed by atoms with Crippen molar-refractivity contribution in [2.75, 3.05) is 32.5 Å². The molecule has 0 aliphatic carbocycles. The Labute approximate surface area is 137 Å². The van der Waals surface area contributed by atoms with Gasteiger partial charge in [-0.15, -0.1) is 0 Å². The van der Waals surface area contributed by atoms with Gasteiger partial charge >= 0.3 is 0 Å². The maximum absolute atomic E-state index is 4.82. The predicted molar refractivity (Wildman–Crippen MR) is 96.6 cm³/mol. The fraction of sp³-hybridized carbons (Fsp3) is 0.263. The maximum atomic E-state index is 4.82. The molecule has 4 heteroatoms. The van der Waals surface area contributed by atoms with Gasteiger partial charge in [-0.25, -0.2) is 9.97 Å². The van der Waals surface area contributed by atoms with Gasteiger partial charge in [-0.1, -0.05) is 42.5 Å². The Morgan fingerprint density at radius 1 is 0.870 bits per heavy atom. The lowest BCUT2D eigenvalue weighted by Crippen LogP contribution is -2.17. The van der Waals surface area contributed by atoms with Crippen LogP contribution in [-0.4, -0.2) is 42.1 Å². The average Bonchev–Trinajstić information content (AvgIpc) is 2.58. The molecule has 3 aromatic rings. The molecule has 118 valence electrons. The summed E-state index contributed by atoms with van der Waals surface area (Å²) >= 11 is 0. The summed E-state index contributed by atoms with van der Waals surface area (Å²) in [5.41, 5.74) is 3.84. The molecule has 0 fully saturated rings. The largest absolute Gasteiger partial charge is 0.368 e. The van der Waals surface area contributed by atoms with Crippen LogP contribution in [0.15, 0.2) is 54.6 Å². The Morgan fingerprint density at radius 3 is 2.22 bits per heavy atom. The summed E-state index contributed by atoms with van der Waals surface area (Å²) in [7, 11) is 4.18. The zero-order chi connectivity index (χ0) is 16.1. The summed E-state index contributed by atoms with van der Waals surface area (Å²) in [5.74, 6) is 0.855. The van der Waals surface area contributed by atoms with E-state index in [9.17, 15) is 0 Å². The fourth-order valence-corrected chi connectivity index (χ4v) is 2.52. The van der Waals surface area contributed by atoms with Crippen LogP contribution in [0.4, 0.5) is 5.82 Å². The van der Waals surface area contributed by atoms with E-state index in [2.05, 4.69) is 36.4 Å². The van der Waals surface area contributed by atoms with E-state index in [1.807, 2.05) is 42.5 Å². The number of hydrogen-bond acceptors (Lipinski definition) is 4. The zero-order valence-electron chi connectivity index (χ0n) is 13.7. The molecular weight excluding hydrogens is 284 g/mol. The summed E-state index contributed by atoms with van der Waals surface area (Å²) in [6.07, 6.45) is 1.07. The molecule has 0 saturated carbocycles. The number of fused-ring (bicyclic) bond motifs is 1. The number of rotatable bonds is 6. The van der Waals surface area contributed by atoms with Crippen molar-refractivity contribution in [2.24, 2.45) is 0 Å². The molecule has 0 radical (unpaired) electrons. The fourth-order valence-electron chi connectivity index (χ4n) is 2.52. The van der Waals surface area contributed by atoms with E-state index in [0.29, 0.717) is 0 Å². The minimum Gasteiger partial charge on any atom is -0.368 e. The normalized spacial score (nSPS) is 11.1. The third-order valence-corrected chi connectivity index (χ3v) is 3.69. The van der Waals surface area contributed by atoms with Crippen molar-refractivity contribution in [1.82, 2.24) is 14.9 Å². The van der Waals surface area contributed by atoms with Crippen LogP contribution in [0.2, 0.25) is 0 Å². The van der Waals surface area contributed by atoms with Gasteiger partial charge in [0.25, 0.3) is 0 Å². The highest BCUT2D eigenvalue weighted by molar-refractivity contribution is 5.83. The highest BCUT2D eigenvalue weighted by Crippen LogP contribution is 2.26. The molecular formula is C19H22N4. The van der Waals surface area contributed by atoms with Gasteiger partial charge in [-0.2, -0.15) is 0 Å². The van der Waals surface area contributed by atoms with Gasteiger partial charge in [0.1, 0.15) is 5.69 Å². The van der Waals surface area contributed by atoms with Crippen LogP contribution < -0.4 is 5.32 Å². The second kappa shape index (κ2) is 7.20. The summed E-state index contributed by atoms with van der Waals surface area (Å²) in [6, 6.07) is 18.2. The van der Waals surface area contributed by atoms with Crippen LogP contribution in [0.1, 0.15) is 6.42 Å². The maximum Gasteiger partial charge on any atom is 0.153 e. The molecule has 0 saturated heterocycles. The highest BCUT2D eigenvalue weighted by atomic mass is 15.1. The SMILES string of the molecule is CN(C)CCCNc1nc2ccccc2nc1-c1ccccc1. The monoisotopic (exact) mass is 306 g/mol. The van der Waals surface area contributed by atoms with Gasteiger partial charge in [0.05, 0.1) is 11.0 Å². The molecule has 23 heavy (non-hydrogen) atoms. The van der Waals surface area contributed by atoms with E-state index in [0.717, 1.165) is 47.6 Å².